The number of carbonyl (C=O) groups is 2. The van der Waals surface area contributed by atoms with E-state index in [1.807, 2.05) is 12.1 Å². The number of thioether (sulfide) groups is 1. The van der Waals surface area contributed by atoms with Crippen LogP contribution in [0.1, 0.15) is 17.3 Å². The molecule has 0 saturated carbocycles. The van der Waals surface area contributed by atoms with Crippen LogP contribution in [0.3, 0.4) is 0 Å². The maximum Gasteiger partial charge on any atom is 0.221 e. The lowest BCUT2D eigenvalue weighted by molar-refractivity contribution is -0.114. The minimum Gasteiger partial charge on any atom is -0.486 e. The number of amides is 1. The van der Waals surface area contributed by atoms with Crippen LogP contribution < -0.4 is 14.8 Å². The first kappa shape index (κ1) is 17.3. The molecule has 25 heavy (non-hydrogen) atoms. The second-order valence-corrected chi connectivity index (χ2v) is 6.44. The molecule has 0 saturated heterocycles. The SMILES string of the molecule is CC(=O)Nc1ccc(C(=O)CSc2ccc3c(c2)OCCO3)c(F)c1. The number of ketones is 1. The van der Waals surface area contributed by atoms with Crippen molar-refractivity contribution in [1.29, 1.82) is 0 Å². The summed E-state index contributed by atoms with van der Waals surface area (Å²) in [6, 6.07) is 9.47. The lowest BCUT2D eigenvalue weighted by Gasteiger charge is -2.18. The number of carbonyl (C=O) groups excluding carboxylic acids is 2. The third-order valence-electron chi connectivity index (χ3n) is 3.47. The Bertz CT molecular complexity index is 825. The summed E-state index contributed by atoms with van der Waals surface area (Å²) in [5.74, 6) is 0.144. The molecule has 3 rings (SSSR count). The molecule has 0 aromatic heterocycles. The molecule has 0 aliphatic carbocycles. The van der Waals surface area contributed by atoms with E-state index in [2.05, 4.69) is 5.32 Å². The van der Waals surface area contributed by atoms with E-state index < -0.39 is 5.82 Å². The number of rotatable bonds is 5. The molecule has 1 aliphatic heterocycles. The minimum atomic E-state index is -0.654. The van der Waals surface area contributed by atoms with Gasteiger partial charge in [0.1, 0.15) is 19.0 Å². The van der Waals surface area contributed by atoms with E-state index in [9.17, 15) is 14.0 Å². The van der Waals surface area contributed by atoms with Crippen LogP contribution in [-0.2, 0) is 4.79 Å². The Morgan fingerprint density at radius 1 is 1.12 bits per heavy atom. The highest BCUT2D eigenvalue weighted by Crippen LogP contribution is 2.34. The minimum absolute atomic E-state index is 0.000791. The molecule has 0 atom stereocenters. The number of halogens is 1. The van der Waals surface area contributed by atoms with Crippen LogP contribution in [0.15, 0.2) is 41.3 Å². The van der Waals surface area contributed by atoms with Crippen LogP contribution in [0.2, 0.25) is 0 Å². The topological polar surface area (TPSA) is 64.6 Å². The summed E-state index contributed by atoms with van der Waals surface area (Å²) in [6.07, 6.45) is 0. The summed E-state index contributed by atoms with van der Waals surface area (Å²) >= 11 is 1.30. The Morgan fingerprint density at radius 2 is 1.88 bits per heavy atom. The zero-order chi connectivity index (χ0) is 17.8. The molecule has 7 heteroatoms. The molecular weight excluding hydrogens is 345 g/mol. The molecule has 0 radical (unpaired) electrons. The molecule has 1 aliphatic rings. The van der Waals surface area contributed by atoms with E-state index in [0.717, 1.165) is 11.0 Å². The first-order valence-electron chi connectivity index (χ1n) is 7.66. The normalized spacial score (nSPS) is 12.6. The highest BCUT2D eigenvalue weighted by Gasteiger charge is 2.15. The van der Waals surface area contributed by atoms with Gasteiger partial charge in [0.2, 0.25) is 5.91 Å². The van der Waals surface area contributed by atoms with Gasteiger partial charge in [-0.1, -0.05) is 0 Å². The first-order chi connectivity index (χ1) is 12.0. The van der Waals surface area contributed by atoms with Crippen molar-refractivity contribution in [2.75, 3.05) is 24.3 Å². The molecule has 0 unspecified atom stereocenters. The number of benzene rings is 2. The van der Waals surface area contributed by atoms with Gasteiger partial charge in [-0.3, -0.25) is 9.59 Å². The fourth-order valence-corrected chi connectivity index (χ4v) is 3.17. The third-order valence-corrected chi connectivity index (χ3v) is 4.47. The lowest BCUT2D eigenvalue weighted by Crippen LogP contribution is -2.15. The number of nitrogens with one attached hydrogen (secondary N) is 1. The van der Waals surface area contributed by atoms with Crippen molar-refractivity contribution in [3.05, 3.63) is 47.8 Å². The van der Waals surface area contributed by atoms with E-state index in [-0.39, 0.29) is 23.0 Å². The average Bonchev–Trinajstić information content (AvgIpc) is 2.59. The van der Waals surface area contributed by atoms with Crippen molar-refractivity contribution in [1.82, 2.24) is 0 Å². The molecule has 0 fully saturated rings. The summed E-state index contributed by atoms with van der Waals surface area (Å²) < 4.78 is 25.0. The molecule has 1 heterocycles. The van der Waals surface area contributed by atoms with Crippen molar-refractivity contribution < 1.29 is 23.5 Å². The van der Waals surface area contributed by atoms with Gasteiger partial charge in [-0.2, -0.15) is 0 Å². The Balaban J connectivity index is 1.65. The van der Waals surface area contributed by atoms with Gasteiger partial charge in [0, 0.05) is 17.5 Å². The fraction of sp³-hybridized carbons (Fsp3) is 0.222. The number of Topliss-reactive ketones (excluding diaryl/α,β-unsaturated/α-hetero) is 1. The first-order valence-corrected chi connectivity index (χ1v) is 8.64. The zero-order valence-corrected chi connectivity index (χ0v) is 14.3. The Hall–Kier alpha value is -2.54. The quantitative estimate of drug-likeness (QED) is 0.652. The number of ether oxygens (including phenoxy) is 2. The zero-order valence-electron chi connectivity index (χ0n) is 13.5. The highest BCUT2D eigenvalue weighted by molar-refractivity contribution is 8.00. The molecular formula is C18H16FNO4S. The van der Waals surface area contributed by atoms with Crippen molar-refractivity contribution in [2.45, 2.75) is 11.8 Å². The maximum absolute atomic E-state index is 14.1. The second-order valence-electron chi connectivity index (χ2n) is 5.39. The van der Waals surface area contributed by atoms with Gasteiger partial charge in [-0.25, -0.2) is 4.39 Å². The molecule has 1 amide bonds. The van der Waals surface area contributed by atoms with Crippen molar-refractivity contribution >= 4 is 29.1 Å². The van der Waals surface area contributed by atoms with Crippen molar-refractivity contribution in [3.8, 4) is 11.5 Å². The van der Waals surface area contributed by atoms with E-state index in [1.54, 1.807) is 6.07 Å². The summed E-state index contributed by atoms with van der Waals surface area (Å²) in [4.78, 5) is 24.1. The predicted octanol–water partition coefficient (Wildman–Crippen LogP) is 3.53. The average molecular weight is 361 g/mol. The van der Waals surface area contributed by atoms with Gasteiger partial charge in [0.05, 0.1) is 11.3 Å². The van der Waals surface area contributed by atoms with Gasteiger partial charge < -0.3 is 14.8 Å². The highest BCUT2D eigenvalue weighted by atomic mass is 32.2. The smallest absolute Gasteiger partial charge is 0.221 e. The van der Waals surface area contributed by atoms with E-state index in [4.69, 9.17) is 9.47 Å². The number of fused-ring (bicyclic) bond motifs is 1. The molecule has 1 N–H and O–H groups in total. The van der Waals surface area contributed by atoms with E-state index in [1.165, 1.54) is 30.8 Å². The van der Waals surface area contributed by atoms with Crippen LogP contribution in [0, 0.1) is 5.82 Å². The van der Waals surface area contributed by atoms with Crippen LogP contribution in [0.5, 0.6) is 11.5 Å². The van der Waals surface area contributed by atoms with Crippen LogP contribution in [0.25, 0.3) is 0 Å². The van der Waals surface area contributed by atoms with Gasteiger partial charge in [0.15, 0.2) is 17.3 Å². The molecule has 0 bridgehead atoms. The van der Waals surface area contributed by atoms with Gasteiger partial charge in [-0.15, -0.1) is 11.8 Å². The van der Waals surface area contributed by atoms with Crippen LogP contribution >= 0.6 is 11.8 Å². The lowest BCUT2D eigenvalue weighted by atomic mass is 10.1. The van der Waals surface area contributed by atoms with Gasteiger partial charge >= 0.3 is 0 Å². The van der Waals surface area contributed by atoms with Gasteiger partial charge in [-0.05, 0) is 36.4 Å². The van der Waals surface area contributed by atoms with Gasteiger partial charge in [0.25, 0.3) is 0 Å². The van der Waals surface area contributed by atoms with E-state index >= 15 is 0 Å². The molecule has 130 valence electrons. The standard InChI is InChI=1S/C18H16FNO4S/c1-11(21)20-12-2-4-14(15(19)8-12)16(22)10-25-13-3-5-17-18(9-13)24-7-6-23-17/h2-5,8-9H,6-7,10H2,1H3,(H,20,21). The van der Waals surface area contributed by atoms with Crippen molar-refractivity contribution in [2.24, 2.45) is 0 Å². The summed E-state index contributed by atoms with van der Waals surface area (Å²) in [6.45, 7) is 2.35. The predicted molar refractivity (Wildman–Crippen MR) is 93.2 cm³/mol. The fourth-order valence-electron chi connectivity index (χ4n) is 2.36. The van der Waals surface area contributed by atoms with Crippen LogP contribution in [0.4, 0.5) is 10.1 Å². The summed E-state index contributed by atoms with van der Waals surface area (Å²) in [5.41, 5.74) is 0.320. The summed E-state index contributed by atoms with van der Waals surface area (Å²) in [5, 5.41) is 2.48. The number of hydrogen-bond donors (Lipinski definition) is 1. The molecule has 0 spiro atoms. The monoisotopic (exact) mass is 361 g/mol. The Labute approximate surface area is 148 Å². The Morgan fingerprint density at radius 3 is 2.60 bits per heavy atom. The second kappa shape index (κ2) is 7.57. The van der Waals surface area contributed by atoms with E-state index in [0.29, 0.717) is 30.4 Å². The summed E-state index contributed by atoms with van der Waals surface area (Å²) in [7, 11) is 0. The van der Waals surface area contributed by atoms with Crippen molar-refractivity contribution in [3.63, 3.8) is 0 Å². The number of anilines is 1. The molecule has 2 aromatic rings. The van der Waals surface area contributed by atoms with Crippen LogP contribution in [-0.4, -0.2) is 30.7 Å². The number of hydrogen-bond acceptors (Lipinski definition) is 5. The maximum atomic E-state index is 14.1. The molecule has 2 aromatic carbocycles. The largest absolute Gasteiger partial charge is 0.486 e. The Kier molecular flexibility index (Phi) is 5.23. The third kappa shape index (κ3) is 4.30. The molecule has 5 nitrogen and oxygen atoms in total.